The van der Waals surface area contributed by atoms with Crippen LogP contribution in [0.1, 0.15) is 39.5 Å². The molecule has 3 N–H and O–H groups in total. The highest BCUT2D eigenvalue weighted by Crippen LogP contribution is 2.29. The zero-order chi connectivity index (χ0) is 12.2. The van der Waals surface area contributed by atoms with Crippen molar-refractivity contribution in [2.75, 3.05) is 6.54 Å². The molecule has 5 heteroatoms. The molecule has 0 aromatic rings. The molecule has 0 bridgehead atoms. The van der Waals surface area contributed by atoms with Crippen molar-refractivity contribution < 1.29 is 14.7 Å². The highest BCUT2D eigenvalue weighted by Gasteiger charge is 2.42. The molecule has 0 unspecified atom stereocenters. The Kier molecular flexibility index (Phi) is 4.29. The number of carboxylic acid groups (broad SMARTS) is 1. The quantitative estimate of drug-likeness (QED) is 0.640. The fourth-order valence-electron chi connectivity index (χ4n) is 1.98. The van der Waals surface area contributed by atoms with Gasteiger partial charge >= 0.3 is 5.97 Å². The average molecular weight is 228 g/mol. The van der Waals surface area contributed by atoms with Crippen molar-refractivity contribution in [3.05, 3.63) is 0 Å². The summed E-state index contributed by atoms with van der Waals surface area (Å²) in [5, 5.41) is 14.8. The SMILES string of the molecule is CC(C)NCC(=O)NC1(C(=O)O)CCCC1. The van der Waals surface area contributed by atoms with Gasteiger partial charge in [-0.2, -0.15) is 0 Å². The van der Waals surface area contributed by atoms with E-state index in [1.54, 1.807) is 0 Å². The molecule has 1 aliphatic rings. The molecule has 1 fully saturated rings. The number of nitrogens with one attached hydrogen (secondary N) is 2. The Morgan fingerprint density at radius 3 is 2.31 bits per heavy atom. The van der Waals surface area contributed by atoms with Gasteiger partial charge < -0.3 is 15.7 Å². The van der Waals surface area contributed by atoms with Crippen LogP contribution >= 0.6 is 0 Å². The van der Waals surface area contributed by atoms with Gasteiger partial charge in [0.1, 0.15) is 5.54 Å². The van der Waals surface area contributed by atoms with Gasteiger partial charge in [-0.25, -0.2) is 4.79 Å². The maximum atomic E-state index is 11.6. The van der Waals surface area contributed by atoms with Crippen molar-refractivity contribution in [3.8, 4) is 0 Å². The van der Waals surface area contributed by atoms with Crippen molar-refractivity contribution >= 4 is 11.9 Å². The van der Waals surface area contributed by atoms with Crippen molar-refractivity contribution in [2.24, 2.45) is 0 Å². The van der Waals surface area contributed by atoms with Gasteiger partial charge in [0.2, 0.25) is 5.91 Å². The lowest BCUT2D eigenvalue weighted by atomic mass is 9.98. The summed E-state index contributed by atoms with van der Waals surface area (Å²) in [6, 6.07) is 0.218. The van der Waals surface area contributed by atoms with Crippen LogP contribution in [0, 0.1) is 0 Å². The van der Waals surface area contributed by atoms with E-state index in [2.05, 4.69) is 10.6 Å². The molecular weight excluding hydrogens is 208 g/mol. The molecular formula is C11H20N2O3. The lowest BCUT2D eigenvalue weighted by Crippen LogP contribution is -2.54. The normalized spacial score (nSPS) is 18.7. The molecule has 0 aromatic heterocycles. The molecule has 0 saturated heterocycles. The highest BCUT2D eigenvalue weighted by molar-refractivity contribution is 5.88. The summed E-state index contributed by atoms with van der Waals surface area (Å²) < 4.78 is 0. The molecule has 0 radical (unpaired) electrons. The number of rotatable bonds is 5. The molecule has 1 saturated carbocycles. The molecule has 0 spiro atoms. The molecule has 16 heavy (non-hydrogen) atoms. The molecule has 92 valence electrons. The number of carboxylic acids is 1. The van der Waals surface area contributed by atoms with Crippen LogP contribution in [0.4, 0.5) is 0 Å². The molecule has 1 amide bonds. The van der Waals surface area contributed by atoms with Crippen LogP contribution in [0.2, 0.25) is 0 Å². The summed E-state index contributed by atoms with van der Waals surface area (Å²) in [6.07, 6.45) is 2.81. The second-order valence-electron chi connectivity index (χ2n) is 4.68. The smallest absolute Gasteiger partial charge is 0.329 e. The van der Waals surface area contributed by atoms with Gasteiger partial charge in [0.25, 0.3) is 0 Å². The predicted molar refractivity (Wildman–Crippen MR) is 60.1 cm³/mol. The minimum Gasteiger partial charge on any atom is -0.480 e. The van der Waals surface area contributed by atoms with Crippen LogP contribution in [0.3, 0.4) is 0 Å². The van der Waals surface area contributed by atoms with Crippen LogP contribution in [-0.2, 0) is 9.59 Å². The maximum absolute atomic E-state index is 11.6. The highest BCUT2D eigenvalue weighted by atomic mass is 16.4. The Balaban J connectivity index is 2.49. The summed E-state index contributed by atoms with van der Waals surface area (Å²) in [5.41, 5.74) is -1.02. The number of aliphatic carboxylic acids is 1. The van der Waals surface area contributed by atoms with Crippen molar-refractivity contribution in [1.82, 2.24) is 10.6 Å². The first-order valence-electron chi connectivity index (χ1n) is 5.74. The summed E-state index contributed by atoms with van der Waals surface area (Å²) in [7, 11) is 0. The molecule has 0 atom stereocenters. The number of hydrogen-bond acceptors (Lipinski definition) is 3. The molecule has 1 rings (SSSR count). The van der Waals surface area contributed by atoms with Crippen LogP contribution in [-0.4, -0.2) is 35.1 Å². The van der Waals surface area contributed by atoms with E-state index in [9.17, 15) is 9.59 Å². The van der Waals surface area contributed by atoms with Crippen LogP contribution < -0.4 is 10.6 Å². The fraction of sp³-hybridized carbons (Fsp3) is 0.818. The van der Waals surface area contributed by atoms with Gasteiger partial charge in [0.15, 0.2) is 0 Å². The number of carbonyl (C=O) groups excluding carboxylic acids is 1. The maximum Gasteiger partial charge on any atom is 0.329 e. The lowest BCUT2D eigenvalue weighted by Gasteiger charge is -2.25. The Morgan fingerprint density at radius 1 is 1.31 bits per heavy atom. The van der Waals surface area contributed by atoms with Crippen LogP contribution in [0.5, 0.6) is 0 Å². The standard InChI is InChI=1S/C11H20N2O3/c1-8(2)12-7-9(14)13-11(10(15)16)5-3-4-6-11/h8,12H,3-7H2,1-2H3,(H,13,14)(H,15,16). The Bertz CT molecular complexity index is 270. The van der Waals surface area contributed by atoms with Crippen molar-refractivity contribution in [3.63, 3.8) is 0 Å². The molecule has 1 aliphatic carbocycles. The average Bonchev–Trinajstić information content (AvgIpc) is 2.64. The summed E-state index contributed by atoms with van der Waals surface area (Å²) in [4.78, 5) is 22.7. The van der Waals surface area contributed by atoms with Gasteiger partial charge in [0, 0.05) is 6.04 Å². The van der Waals surface area contributed by atoms with E-state index in [0.717, 1.165) is 12.8 Å². The Hall–Kier alpha value is -1.10. The monoisotopic (exact) mass is 228 g/mol. The molecule has 0 heterocycles. The van der Waals surface area contributed by atoms with E-state index < -0.39 is 11.5 Å². The van der Waals surface area contributed by atoms with Crippen LogP contribution in [0.15, 0.2) is 0 Å². The minimum atomic E-state index is -1.02. The molecule has 0 aliphatic heterocycles. The first kappa shape index (κ1) is 13.0. The lowest BCUT2D eigenvalue weighted by molar-refractivity contribution is -0.147. The topological polar surface area (TPSA) is 78.4 Å². The van der Waals surface area contributed by atoms with E-state index in [1.807, 2.05) is 13.8 Å². The van der Waals surface area contributed by atoms with Gasteiger partial charge in [-0.05, 0) is 12.8 Å². The van der Waals surface area contributed by atoms with Gasteiger partial charge in [-0.3, -0.25) is 4.79 Å². The predicted octanol–water partition coefficient (Wildman–Crippen LogP) is 0.498. The third-order valence-corrected chi connectivity index (χ3v) is 2.92. The molecule has 0 aromatic carbocycles. The van der Waals surface area contributed by atoms with Crippen LogP contribution in [0.25, 0.3) is 0 Å². The largest absolute Gasteiger partial charge is 0.480 e. The Morgan fingerprint density at radius 2 is 1.88 bits per heavy atom. The van der Waals surface area contributed by atoms with E-state index in [4.69, 9.17) is 5.11 Å². The third kappa shape index (κ3) is 3.20. The zero-order valence-electron chi connectivity index (χ0n) is 9.88. The summed E-state index contributed by atoms with van der Waals surface area (Å²) >= 11 is 0. The van der Waals surface area contributed by atoms with Crippen molar-refractivity contribution in [2.45, 2.75) is 51.1 Å². The zero-order valence-corrected chi connectivity index (χ0v) is 9.88. The summed E-state index contributed by atoms with van der Waals surface area (Å²) in [5.74, 6) is -1.15. The third-order valence-electron chi connectivity index (χ3n) is 2.92. The second-order valence-corrected chi connectivity index (χ2v) is 4.68. The number of carbonyl (C=O) groups is 2. The van der Waals surface area contributed by atoms with Gasteiger partial charge in [0.05, 0.1) is 6.54 Å². The van der Waals surface area contributed by atoms with Gasteiger partial charge in [-0.15, -0.1) is 0 Å². The fourth-order valence-corrected chi connectivity index (χ4v) is 1.98. The van der Waals surface area contributed by atoms with Crippen molar-refractivity contribution in [1.29, 1.82) is 0 Å². The second kappa shape index (κ2) is 5.30. The van der Waals surface area contributed by atoms with E-state index in [0.29, 0.717) is 12.8 Å². The first-order valence-corrected chi connectivity index (χ1v) is 5.74. The number of amides is 1. The Labute approximate surface area is 95.6 Å². The van der Waals surface area contributed by atoms with E-state index in [1.165, 1.54) is 0 Å². The summed E-state index contributed by atoms with van der Waals surface area (Å²) in [6.45, 7) is 4.05. The van der Waals surface area contributed by atoms with Gasteiger partial charge in [-0.1, -0.05) is 26.7 Å². The van der Waals surface area contributed by atoms with E-state index in [-0.39, 0.29) is 18.5 Å². The number of hydrogen-bond donors (Lipinski definition) is 3. The van der Waals surface area contributed by atoms with E-state index >= 15 is 0 Å². The minimum absolute atomic E-state index is 0.173. The molecule has 5 nitrogen and oxygen atoms in total. The first-order chi connectivity index (χ1) is 7.46.